The second-order valence-electron chi connectivity index (χ2n) is 8.60. The fraction of sp³-hybridized carbons (Fsp3) is 0.364. The third-order valence-corrected chi connectivity index (χ3v) is 7.04. The van der Waals surface area contributed by atoms with Gasteiger partial charge in [0.05, 0.1) is 23.5 Å². The SMILES string of the molecule is O=C(O)[C@@H]1C2CCC(CC2)C1n1cc(F)c2cnc(-c3c[nH]c4ncc(F)cc34)nc21. The Balaban J connectivity index is 1.53. The molecule has 2 N–H and O–H groups in total. The summed E-state index contributed by atoms with van der Waals surface area (Å²) in [5, 5.41) is 10.7. The number of carbonyl (C=O) groups is 1. The molecule has 3 saturated carbocycles. The molecule has 0 spiro atoms. The van der Waals surface area contributed by atoms with Crippen LogP contribution in [0.2, 0.25) is 0 Å². The van der Waals surface area contributed by atoms with Crippen molar-refractivity contribution >= 4 is 28.0 Å². The molecule has 4 aromatic rings. The molecule has 7 nitrogen and oxygen atoms in total. The molecular weight excluding hydrogens is 404 g/mol. The van der Waals surface area contributed by atoms with E-state index in [0.29, 0.717) is 28.1 Å². The quantitative estimate of drug-likeness (QED) is 0.512. The zero-order valence-corrected chi connectivity index (χ0v) is 16.4. The molecule has 0 aromatic carbocycles. The molecule has 9 heteroatoms. The maximum Gasteiger partial charge on any atom is 0.308 e. The number of carboxylic acid groups (broad SMARTS) is 1. The number of fused-ring (bicyclic) bond motifs is 5. The standard InChI is InChI=1S/C22H19F2N5O2/c23-12-5-13-14(7-26-19(13)25-6-12)20-27-8-15-16(24)9-29(21(15)28-20)18-11-3-1-10(2-4-11)17(18)22(30)31/h5-11,17-18H,1-4H2,(H,25,26)(H,30,31)/t10?,11?,17-,18?/m1/s1. The molecule has 4 aromatic heterocycles. The first-order chi connectivity index (χ1) is 15.0. The highest BCUT2D eigenvalue weighted by Gasteiger charge is 2.48. The van der Waals surface area contributed by atoms with Gasteiger partial charge in [0.25, 0.3) is 0 Å². The zero-order chi connectivity index (χ0) is 21.3. The van der Waals surface area contributed by atoms with Crippen LogP contribution in [0.15, 0.2) is 30.9 Å². The minimum absolute atomic E-state index is 0.0944. The van der Waals surface area contributed by atoms with E-state index < -0.39 is 23.5 Å². The Hall–Kier alpha value is -3.36. The number of aromatic amines is 1. The number of halogens is 2. The van der Waals surface area contributed by atoms with Crippen LogP contribution in [0.3, 0.4) is 0 Å². The van der Waals surface area contributed by atoms with E-state index in [9.17, 15) is 18.7 Å². The van der Waals surface area contributed by atoms with Gasteiger partial charge in [-0.05, 0) is 43.6 Å². The molecule has 3 aliphatic rings. The molecule has 2 atom stereocenters. The van der Waals surface area contributed by atoms with E-state index in [1.165, 1.54) is 18.5 Å². The van der Waals surface area contributed by atoms with E-state index in [4.69, 9.17) is 0 Å². The highest BCUT2D eigenvalue weighted by molar-refractivity contribution is 5.92. The summed E-state index contributed by atoms with van der Waals surface area (Å²) in [6, 6.07) is 1.00. The van der Waals surface area contributed by atoms with E-state index in [1.807, 2.05) is 0 Å². The van der Waals surface area contributed by atoms with Crippen molar-refractivity contribution in [2.75, 3.05) is 0 Å². The van der Waals surface area contributed by atoms with E-state index in [0.717, 1.165) is 31.9 Å². The van der Waals surface area contributed by atoms with Gasteiger partial charge < -0.3 is 14.7 Å². The summed E-state index contributed by atoms with van der Waals surface area (Å²) >= 11 is 0. The Bertz CT molecular complexity index is 1340. The summed E-state index contributed by atoms with van der Waals surface area (Å²) in [6.45, 7) is 0. The molecular formula is C22H19F2N5O2. The smallest absolute Gasteiger partial charge is 0.308 e. The van der Waals surface area contributed by atoms with Crippen molar-refractivity contribution in [2.24, 2.45) is 17.8 Å². The van der Waals surface area contributed by atoms with Gasteiger partial charge in [0.2, 0.25) is 0 Å². The van der Waals surface area contributed by atoms with Crippen molar-refractivity contribution in [3.8, 4) is 11.4 Å². The Morgan fingerprint density at radius 3 is 2.65 bits per heavy atom. The maximum atomic E-state index is 14.8. The summed E-state index contributed by atoms with van der Waals surface area (Å²) in [7, 11) is 0. The van der Waals surface area contributed by atoms with Crippen LogP contribution in [0.25, 0.3) is 33.5 Å². The number of hydrogen-bond acceptors (Lipinski definition) is 4. The van der Waals surface area contributed by atoms with E-state index >= 15 is 0 Å². The third-order valence-electron chi connectivity index (χ3n) is 7.04. The number of pyridine rings is 1. The van der Waals surface area contributed by atoms with Crippen LogP contribution in [0.5, 0.6) is 0 Å². The maximum absolute atomic E-state index is 14.8. The molecule has 158 valence electrons. The molecule has 3 fully saturated rings. The Labute approximate surface area is 175 Å². The number of nitrogens with zero attached hydrogens (tertiary/aromatic N) is 4. The van der Waals surface area contributed by atoms with Crippen molar-refractivity contribution in [1.82, 2.24) is 24.5 Å². The lowest BCUT2D eigenvalue weighted by molar-refractivity contribution is -0.151. The van der Waals surface area contributed by atoms with Crippen LogP contribution in [-0.4, -0.2) is 35.6 Å². The topological polar surface area (TPSA) is 96.7 Å². The number of nitrogens with one attached hydrogen (secondary N) is 1. The van der Waals surface area contributed by atoms with E-state index in [2.05, 4.69) is 19.9 Å². The lowest BCUT2D eigenvalue weighted by Gasteiger charge is -2.47. The van der Waals surface area contributed by atoms with Crippen LogP contribution < -0.4 is 0 Å². The van der Waals surface area contributed by atoms with Crippen LogP contribution in [0.4, 0.5) is 8.78 Å². The highest BCUT2D eigenvalue weighted by atomic mass is 19.1. The largest absolute Gasteiger partial charge is 0.481 e. The van der Waals surface area contributed by atoms with Gasteiger partial charge in [-0.15, -0.1) is 0 Å². The number of carboxylic acids is 1. The Kier molecular flexibility index (Phi) is 3.90. The number of H-pyrrole nitrogens is 1. The van der Waals surface area contributed by atoms with Gasteiger partial charge >= 0.3 is 5.97 Å². The number of hydrogen-bond donors (Lipinski definition) is 2. The molecule has 3 aliphatic carbocycles. The minimum atomic E-state index is -0.839. The van der Waals surface area contributed by atoms with Gasteiger partial charge in [-0.25, -0.2) is 23.7 Å². The van der Waals surface area contributed by atoms with Crippen molar-refractivity contribution in [2.45, 2.75) is 31.7 Å². The van der Waals surface area contributed by atoms with Crippen molar-refractivity contribution in [3.63, 3.8) is 0 Å². The zero-order valence-electron chi connectivity index (χ0n) is 16.4. The van der Waals surface area contributed by atoms with E-state index in [1.54, 1.807) is 10.8 Å². The average Bonchev–Trinajstić information content (AvgIpc) is 3.34. The first-order valence-corrected chi connectivity index (χ1v) is 10.4. The Morgan fingerprint density at radius 1 is 1.10 bits per heavy atom. The molecule has 1 unspecified atom stereocenters. The molecule has 0 amide bonds. The molecule has 4 heterocycles. The lowest BCUT2D eigenvalue weighted by Crippen LogP contribution is -2.44. The third kappa shape index (κ3) is 2.68. The monoisotopic (exact) mass is 423 g/mol. The van der Waals surface area contributed by atoms with Crippen LogP contribution in [0, 0.1) is 29.4 Å². The average molecular weight is 423 g/mol. The second-order valence-corrected chi connectivity index (χ2v) is 8.60. The van der Waals surface area contributed by atoms with Crippen molar-refractivity contribution in [3.05, 3.63) is 42.5 Å². The summed E-state index contributed by atoms with van der Waals surface area (Å²) in [5.41, 5.74) is 1.42. The Morgan fingerprint density at radius 2 is 1.87 bits per heavy atom. The number of aromatic nitrogens is 5. The van der Waals surface area contributed by atoms with Crippen LogP contribution >= 0.6 is 0 Å². The molecule has 0 aliphatic heterocycles. The number of rotatable bonds is 3. The first-order valence-electron chi connectivity index (χ1n) is 10.4. The molecule has 0 saturated heterocycles. The number of aliphatic carboxylic acids is 1. The molecule has 31 heavy (non-hydrogen) atoms. The summed E-state index contributed by atoms with van der Waals surface area (Å²) in [6.07, 6.45) is 9.20. The normalized spacial score (nSPS) is 25.5. The predicted molar refractivity (Wildman–Crippen MR) is 108 cm³/mol. The predicted octanol–water partition coefficient (Wildman–Crippen LogP) is 4.31. The summed E-state index contributed by atoms with van der Waals surface area (Å²) in [4.78, 5) is 28.0. The van der Waals surface area contributed by atoms with Crippen LogP contribution in [0.1, 0.15) is 31.7 Å². The fourth-order valence-electron chi connectivity index (χ4n) is 5.68. The van der Waals surface area contributed by atoms with Gasteiger partial charge in [0.1, 0.15) is 17.1 Å². The van der Waals surface area contributed by atoms with Gasteiger partial charge in [0.15, 0.2) is 11.6 Å². The lowest BCUT2D eigenvalue weighted by atomic mass is 9.61. The van der Waals surface area contributed by atoms with Crippen molar-refractivity contribution in [1.29, 1.82) is 0 Å². The molecule has 0 radical (unpaired) electrons. The van der Waals surface area contributed by atoms with Gasteiger partial charge in [-0.1, -0.05) is 0 Å². The first kappa shape index (κ1) is 18.4. The van der Waals surface area contributed by atoms with Gasteiger partial charge in [-0.3, -0.25) is 4.79 Å². The molecule has 2 bridgehead atoms. The fourth-order valence-corrected chi connectivity index (χ4v) is 5.68. The van der Waals surface area contributed by atoms with E-state index in [-0.39, 0.29) is 23.3 Å². The highest BCUT2D eigenvalue weighted by Crippen LogP contribution is 2.52. The van der Waals surface area contributed by atoms with Crippen molar-refractivity contribution < 1.29 is 18.7 Å². The van der Waals surface area contributed by atoms with Gasteiger partial charge in [-0.2, -0.15) is 0 Å². The van der Waals surface area contributed by atoms with Gasteiger partial charge in [0, 0.05) is 29.5 Å². The summed E-state index contributed by atoms with van der Waals surface area (Å²) in [5.74, 6) is -1.78. The van der Waals surface area contributed by atoms with Crippen LogP contribution in [-0.2, 0) is 4.79 Å². The minimum Gasteiger partial charge on any atom is -0.481 e. The second kappa shape index (κ2) is 6.57. The summed E-state index contributed by atoms with van der Waals surface area (Å²) < 4.78 is 30.3. The molecule has 7 rings (SSSR count).